The molecule has 0 amide bonds. The molecule has 1 heterocycles. The van der Waals surface area contributed by atoms with E-state index in [2.05, 4.69) is 22.8 Å². The predicted octanol–water partition coefficient (Wildman–Crippen LogP) is 6.32. The highest BCUT2D eigenvalue weighted by atomic mass is 35.5. The van der Waals surface area contributed by atoms with Gasteiger partial charge in [-0.05, 0) is 78.9 Å². The first-order chi connectivity index (χ1) is 16.4. The zero-order valence-electron chi connectivity index (χ0n) is 18.7. The van der Waals surface area contributed by atoms with Gasteiger partial charge in [0.2, 0.25) is 0 Å². The monoisotopic (exact) mass is 489 g/mol. The average Bonchev–Trinajstić information content (AvgIpc) is 3.37. The van der Waals surface area contributed by atoms with Gasteiger partial charge in [-0.2, -0.15) is 0 Å². The van der Waals surface area contributed by atoms with Crippen LogP contribution in [0.4, 0.5) is 0 Å². The van der Waals surface area contributed by atoms with E-state index >= 15 is 0 Å². The molecule has 2 bridgehead atoms. The number of rotatable bonds is 7. The van der Waals surface area contributed by atoms with Crippen molar-refractivity contribution in [3.63, 3.8) is 0 Å². The molecule has 1 aromatic heterocycles. The number of hydrogen-bond acceptors (Lipinski definition) is 4. The van der Waals surface area contributed by atoms with Crippen LogP contribution < -0.4 is 10.6 Å². The van der Waals surface area contributed by atoms with E-state index < -0.39 is 0 Å². The fourth-order valence-corrected chi connectivity index (χ4v) is 6.14. The molecule has 4 nitrogen and oxygen atoms in total. The highest BCUT2D eigenvalue weighted by molar-refractivity contribution is 6.31. The van der Waals surface area contributed by atoms with Crippen molar-refractivity contribution in [1.82, 2.24) is 15.6 Å². The molecular formula is C28H25Cl2N3O. The summed E-state index contributed by atoms with van der Waals surface area (Å²) in [4.78, 5) is 17.6. The minimum Gasteiger partial charge on any atom is -0.305 e. The Labute approximate surface area is 208 Å². The summed E-state index contributed by atoms with van der Waals surface area (Å²) in [5.74, 6) is 0.129. The van der Waals surface area contributed by atoms with Gasteiger partial charge in [0, 0.05) is 38.6 Å². The van der Waals surface area contributed by atoms with Crippen molar-refractivity contribution in [1.29, 1.82) is 0 Å². The third-order valence-electron chi connectivity index (χ3n) is 7.54. The number of Topliss-reactive ketones (excluding diaryl/α,β-unsaturated/α-hetero) is 1. The van der Waals surface area contributed by atoms with E-state index in [-0.39, 0.29) is 16.9 Å². The van der Waals surface area contributed by atoms with Gasteiger partial charge in [-0.3, -0.25) is 9.78 Å². The fraction of sp³-hybridized carbons (Fsp3) is 0.286. The minimum atomic E-state index is 0.0700. The molecule has 0 radical (unpaired) electrons. The lowest BCUT2D eigenvalue weighted by Crippen LogP contribution is -2.62. The summed E-state index contributed by atoms with van der Waals surface area (Å²) in [5.41, 5.74) is 2.96. The van der Waals surface area contributed by atoms with E-state index in [1.807, 2.05) is 54.6 Å². The van der Waals surface area contributed by atoms with Crippen LogP contribution in [-0.4, -0.2) is 28.4 Å². The normalized spacial score (nSPS) is 23.4. The summed E-state index contributed by atoms with van der Waals surface area (Å²) in [7, 11) is 0. The Morgan fingerprint density at radius 2 is 1.44 bits per heavy atom. The molecule has 0 saturated heterocycles. The van der Waals surface area contributed by atoms with E-state index in [0.717, 1.165) is 70.2 Å². The Morgan fingerprint density at radius 3 is 2.26 bits per heavy atom. The maximum atomic E-state index is 12.9. The van der Waals surface area contributed by atoms with E-state index in [1.165, 1.54) is 0 Å². The maximum absolute atomic E-state index is 12.9. The summed E-state index contributed by atoms with van der Waals surface area (Å²) in [6.45, 7) is 1.11. The van der Waals surface area contributed by atoms with Gasteiger partial charge < -0.3 is 10.6 Å². The average molecular weight is 490 g/mol. The summed E-state index contributed by atoms with van der Waals surface area (Å²) in [6, 6.07) is 21.5. The van der Waals surface area contributed by atoms with Crippen LogP contribution in [0, 0.1) is 0 Å². The number of halogens is 2. The Balaban J connectivity index is 1.05. The number of hydrogen-bond donors (Lipinski definition) is 2. The van der Waals surface area contributed by atoms with Crippen LogP contribution in [0.3, 0.4) is 0 Å². The molecule has 0 unspecified atom stereocenters. The number of pyridine rings is 1. The number of carbonyl (C=O) groups is 1. The number of nitrogens with zero attached hydrogens (tertiary/aromatic N) is 1. The van der Waals surface area contributed by atoms with Gasteiger partial charge in [0.15, 0.2) is 5.78 Å². The quantitative estimate of drug-likeness (QED) is 0.298. The minimum absolute atomic E-state index is 0.0700. The molecular weight excluding hydrogens is 465 g/mol. The molecule has 34 heavy (non-hydrogen) atoms. The number of benzene rings is 3. The first-order valence-electron chi connectivity index (χ1n) is 11.7. The topological polar surface area (TPSA) is 54.0 Å². The van der Waals surface area contributed by atoms with Crippen molar-refractivity contribution in [2.75, 3.05) is 6.54 Å². The second-order valence-electron chi connectivity index (χ2n) is 9.89. The highest BCUT2D eigenvalue weighted by Crippen LogP contribution is 2.55. The van der Waals surface area contributed by atoms with E-state index in [1.54, 1.807) is 0 Å². The third kappa shape index (κ3) is 4.09. The summed E-state index contributed by atoms with van der Waals surface area (Å²) < 4.78 is 0. The van der Waals surface area contributed by atoms with Crippen molar-refractivity contribution in [3.05, 3.63) is 88.0 Å². The number of carbonyl (C=O) groups excluding carboxylic acids is 1. The molecule has 0 atom stereocenters. The van der Waals surface area contributed by atoms with Gasteiger partial charge in [0.25, 0.3) is 0 Å². The number of aromatic nitrogens is 1. The van der Waals surface area contributed by atoms with Crippen LogP contribution in [0.15, 0.2) is 66.7 Å². The van der Waals surface area contributed by atoms with E-state index in [9.17, 15) is 4.79 Å². The highest BCUT2D eigenvalue weighted by Gasteiger charge is 2.60. The lowest BCUT2D eigenvalue weighted by Gasteiger charge is -2.48. The zero-order chi connectivity index (χ0) is 23.3. The molecule has 0 spiro atoms. The second kappa shape index (κ2) is 8.31. The molecule has 3 saturated carbocycles. The molecule has 3 aliphatic carbocycles. The number of ketones is 1. The zero-order valence-corrected chi connectivity index (χ0v) is 20.2. The standard InChI is InChI=1S/C28H25Cl2N3O/c29-22-5-3-18-11-21(2-1-19(18)12-22)26(34)15-32-28-10-9-27(16-28,17-28)31-14-24-7-4-20-13-23(30)6-8-25(20)33-24/h1-8,11-13,31-32H,9-10,14-17H2. The van der Waals surface area contributed by atoms with Crippen molar-refractivity contribution in [3.8, 4) is 0 Å². The SMILES string of the molecule is O=C(CNC12CCC(NCc3ccc4cc(Cl)ccc4n3)(C1)C2)c1ccc2cc(Cl)ccc2c1. The molecule has 2 N–H and O–H groups in total. The van der Waals surface area contributed by atoms with Crippen LogP contribution in [-0.2, 0) is 6.54 Å². The first-order valence-corrected chi connectivity index (χ1v) is 12.4. The molecule has 7 rings (SSSR count). The first kappa shape index (κ1) is 22.0. The maximum Gasteiger partial charge on any atom is 0.176 e. The molecule has 3 fully saturated rings. The van der Waals surface area contributed by atoms with Gasteiger partial charge >= 0.3 is 0 Å². The van der Waals surface area contributed by atoms with Crippen LogP contribution in [0.2, 0.25) is 10.0 Å². The van der Waals surface area contributed by atoms with Gasteiger partial charge in [-0.15, -0.1) is 0 Å². The van der Waals surface area contributed by atoms with Crippen molar-refractivity contribution < 1.29 is 4.79 Å². The Hall–Kier alpha value is -2.50. The van der Waals surface area contributed by atoms with E-state index in [4.69, 9.17) is 28.2 Å². The van der Waals surface area contributed by atoms with Gasteiger partial charge in [-0.25, -0.2) is 0 Å². The van der Waals surface area contributed by atoms with Crippen molar-refractivity contribution in [2.24, 2.45) is 0 Å². The molecule has 172 valence electrons. The lowest BCUT2D eigenvalue weighted by molar-refractivity contribution is 0.0908. The number of fused-ring (bicyclic) bond motifs is 3. The van der Waals surface area contributed by atoms with Crippen LogP contribution in [0.25, 0.3) is 21.7 Å². The molecule has 3 aromatic carbocycles. The van der Waals surface area contributed by atoms with Crippen LogP contribution in [0.5, 0.6) is 0 Å². The smallest absolute Gasteiger partial charge is 0.176 e. The van der Waals surface area contributed by atoms with Crippen molar-refractivity contribution in [2.45, 2.75) is 43.3 Å². The van der Waals surface area contributed by atoms with E-state index in [0.29, 0.717) is 11.6 Å². The van der Waals surface area contributed by atoms with Crippen LogP contribution in [0.1, 0.15) is 41.7 Å². The predicted molar refractivity (Wildman–Crippen MR) is 139 cm³/mol. The van der Waals surface area contributed by atoms with Crippen molar-refractivity contribution >= 4 is 50.7 Å². The Kier molecular flexibility index (Phi) is 5.38. The van der Waals surface area contributed by atoms with Gasteiger partial charge in [0.1, 0.15) is 0 Å². The van der Waals surface area contributed by atoms with Crippen LogP contribution >= 0.6 is 23.2 Å². The second-order valence-corrected chi connectivity index (χ2v) is 10.8. The Bertz CT molecular complexity index is 1430. The largest absolute Gasteiger partial charge is 0.305 e. The molecule has 6 heteroatoms. The lowest BCUT2D eigenvalue weighted by atomic mass is 9.71. The van der Waals surface area contributed by atoms with Gasteiger partial charge in [-0.1, -0.05) is 47.5 Å². The molecule has 0 aliphatic heterocycles. The Morgan fingerprint density at radius 1 is 0.794 bits per heavy atom. The summed E-state index contributed by atoms with van der Waals surface area (Å²) in [5, 5.41) is 11.9. The number of nitrogens with one attached hydrogen (secondary N) is 2. The summed E-state index contributed by atoms with van der Waals surface area (Å²) in [6.07, 6.45) is 4.31. The molecule has 4 aromatic rings. The summed E-state index contributed by atoms with van der Waals surface area (Å²) >= 11 is 12.1. The van der Waals surface area contributed by atoms with Gasteiger partial charge in [0.05, 0.1) is 17.8 Å². The molecule has 3 aliphatic rings. The fourth-order valence-electron chi connectivity index (χ4n) is 5.78. The third-order valence-corrected chi connectivity index (χ3v) is 8.01.